The van der Waals surface area contributed by atoms with E-state index in [4.69, 9.17) is 9.15 Å². The van der Waals surface area contributed by atoms with Gasteiger partial charge in [-0.15, -0.1) is 11.8 Å². The highest BCUT2D eigenvalue weighted by Gasteiger charge is 2.14. The lowest BCUT2D eigenvalue weighted by Gasteiger charge is -2.12. The van der Waals surface area contributed by atoms with E-state index < -0.39 is 0 Å². The molecule has 1 aromatic carbocycles. The van der Waals surface area contributed by atoms with E-state index >= 15 is 0 Å². The zero-order valence-corrected chi connectivity index (χ0v) is 12.3. The van der Waals surface area contributed by atoms with Gasteiger partial charge >= 0.3 is 0 Å². The Morgan fingerprint density at radius 1 is 1.40 bits per heavy atom. The standard InChI is InChI=1S/C15H17NO3S/c1-11(20-10-14-7-4-8-19-14)15(17)16-12-5-3-6-13(9-12)18-2/h3-9,11H,10H2,1-2H3,(H,16,17). The topological polar surface area (TPSA) is 51.5 Å². The monoisotopic (exact) mass is 291 g/mol. The van der Waals surface area contributed by atoms with Crippen molar-refractivity contribution in [3.05, 3.63) is 48.4 Å². The Labute approximate surface area is 122 Å². The molecule has 0 radical (unpaired) electrons. The van der Waals surface area contributed by atoms with E-state index in [1.165, 1.54) is 11.8 Å². The third-order valence-electron chi connectivity index (χ3n) is 2.76. The maximum atomic E-state index is 12.1. The van der Waals surface area contributed by atoms with Gasteiger partial charge in [-0.05, 0) is 31.2 Å². The number of carbonyl (C=O) groups is 1. The molecule has 0 saturated heterocycles. The molecule has 1 atom stereocenters. The number of amides is 1. The number of nitrogens with one attached hydrogen (secondary N) is 1. The zero-order chi connectivity index (χ0) is 14.4. The number of thioether (sulfide) groups is 1. The van der Waals surface area contributed by atoms with Gasteiger partial charge in [0.25, 0.3) is 0 Å². The van der Waals surface area contributed by atoms with Crippen LogP contribution in [0.5, 0.6) is 5.75 Å². The summed E-state index contributed by atoms with van der Waals surface area (Å²) in [7, 11) is 1.60. The Balaban J connectivity index is 1.86. The molecule has 2 aromatic rings. The van der Waals surface area contributed by atoms with Crippen molar-refractivity contribution in [2.75, 3.05) is 12.4 Å². The van der Waals surface area contributed by atoms with E-state index in [2.05, 4.69) is 5.32 Å². The Kier molecular flexibility index (Phi) is 5.12. The first kappa shape index (κ1) is 14.5. The molecule has 4 nitrogen and oxygen atoms in total. The number of hydrogen-bond acceptors (Lipinski definition) is 4. The van der Waals surface area contributed by atoms with Crippen LogP contribution in [0.25, 0.3) is 0 Å². The van der Waals surface area contributed by atoms with Gasteiger partial charge in [-0.2, -0.15) is 0 Å². The normalized spacial score (nSPS) is 11.9. The summed E-state index contributed by atoms with van der Waals surface area (Å²) in [6, 6.07) is 11.1. The highest BCUT2D eigenvalue weighted by molar-refractivity contribution is 7.99. The van der Waals surface area contributed by atoms with Gasteiger partial charge in [0.05, 0.1) is 24.4 Å². The summed E-state index contributed by atoms with van der Waals surface area (Å²) < 4.78 is 10.4. The molecule has 1 unspecified atom stereocenters. The number of carbonyl (C=O) groups excluding carboxylic acids is 1. The minimum atomic E-state index is -0.161. The van der Waals surface area contributed by atoms with Gasteiger partial charge in [-0.1, -0.05) is 6.07 Å². The van der Waals surface area contributed by atoms with Crippen molar-refractivity contribution in [1.82, 2.24) is 0 Å². The molecule has 0 aliphatic rings. The first-order chi connectivity index (χ1) is 9.69. The van der Waals surface area contributed by atoms with Crippen molar-refractivity contribution in [2.45, 2.75) is 17.9 Å². The summed E-state index contributed by atoms with van der Waals surface area (Å²) in [5.74, 6) is 2.24. The Hall–Kier alpha value is -1.88. The number of hydrogen-bond donors (Lipinski definition) is 1. The Morgan fingerprint density at radius 2 is 2.25 bits per heavy atom. The number of furan rings is 1. The molecule has 1 aromatic heterocycles. The molecule has 2 rings (SSSR count). The van der Waals surface area contributed by atoms with E-state index in [9.17, 15) is 4.79 Å². The number of benzene rings is 1. The molecule has 0 bridgehead atoms. The Morgan fingerprint density at radius 3 is 2.95 bits per heavy atom. The van der Waals surface area contributed by atoms with Crippen LogP contribution in [0.15, 0.2) is 47.1 Å². The molecule has 0 aliphatic heterocycles. The maximum Gasteiger partial charge on any atom is 0.237 e. The van der Waals surface area contributed by atoms with Crippen LogP contribution in [0.1, 0.15) is 12.7 Å². The SMILES string of the molecule is COc1cccc(NC(=O)C(C)SCc2ccco2)c1. The first-order valence-electron chi connectivity index (χ1n) is 6.28. The van der Waals surface area contributed by atoms with Crippen molar-refractivity contribution in [3.63, 3.8) is 0 Å². The summed E-state index contributed by atoms with van der Waals surface area (Å²) in [6.45, 7) is 1.88. The lowest BCUT2D eigenvalue weighted by atomic mass is 10.3. The first-order valence-corrected chi connectivity index (χ1v) is 7.33. The fourth-order valence-electron chi connectivity index (χ4n) is 1.62. The molecule has 0 spiro atoms. The molecular weight excluding hydrogens is 274 g/mol. The third kappa shape index (κ3) is 4.06. The molecule has 106 valence electrons. The van der Waals surface area contributed by atoms with Crippen molar-refractivity contribution in [1.29, 1.82) is 0 Å². The number of rotatable bonds is 6. The second kappa shape index (κ2) is 7.05. The van der Waals surface area contributed by atoms with Gasteiger partial charge < -0.3 is 14.5 Å². The van der Waals surface area contributed by atoms with Crippen LogP contribution in [-0.4, -0.2) is 18.3 Å². The minimum absolute atomic E-state index is 0.0326. The smallest absolute Gasteiger partial charge is 0.237 e. The van der Waals surface area contributed by atoms with Crippen molar-refractivity contribution in [3.8, 4) is 5.75 Å². The van der Waals surface area contributed by atoms with Crippen molar-refractivity contribution in [2.24, 2.45) is 0 Å². The lowest BCUT2D eigenvalue weighted by molar-refractivity contribution is -0.115. The van der Waals surface area contributed by atoms with Crippen molar-refractivity contribution < 1.29 is 13.9 Å². The van der Waals surface area contributed by atoms with Crippen LogP contribution in [0.3, 0.4) is 0 Å². The fraction of sp³-hybridized carbons (Fsp3) is 0.267. The van der Waals surface area contributed by atoms with Crippen LogP contribution >= 0.6 is 11.8 Å². The maximum absolute atomic E-state index is 12.1. The molecule has 20 heavy (non-hydrogen) atoms. The quantitative estimate of drug-likeness (QED) is 0.884. The molecule has 1 amide bonds. The second-order valence-corrected chi connectivity index (χ2v) is 5.58. The predicted molar refractivity (Wildman–Crippen MR) is 81.1 cm³/mol. The fourth-order valence-corrected chi connectivity index (χ4v) is 2.41. The molecule has 0 saturated carbocycles. The van der Waals surface area contributed by atoms with Gasteiger partial charge in [0, 0.05) is 11.8 Å². The summed E-state index contributed by atoms with van der Waals surface area (Å²) >= 11 is 1.53. The molecule has 0 fully saturated rings. The van der Waals surface area contributed by atoms with Gasteiger partial charge in [0.15, 0.2) is 0 Å². The van der Waals surface area contributed by atoms with E-state index in [-0.39, 0.29) is 11.2 Å². The summed E-state index contributed by atoms with van der Waals surface area (Å²) in [4.78, 5) is 12.1. The third-order valence-corrected chi connectivity index (χ3v) is 3.93. The van der Waals surface area contributed by atoms with E-state index in [0.29, 0.717) is 5.75 Å². The lowest BCUT2D eigenvalue weighted by Crippen LogP contribution is -2.22. The molecule has 1 N–H and O–H groups in total. The van der Waals surface area contributed by atoms with Crippen LogP contribution < -0.4 is 10.1 Å². The average Bonchev–Trinajstić information content (AvgIpc) is 2.98. The number of anilines is 1. The van der Waals surface area contributed by atoms with E-state index in [0.717, 1.165) is 17.2 Å². The highest BCUT2D eigenvalue weighted by atomic mass is 32.2. The Bertz CT molecular complexity index is 554. The van der Waals surface area contributed by atoms with Gasteiger partial charge in [0.2, 0.25) is 5.91 Å². The number of methoxy groups -OCH3 is 1. The minimum Gasteiger partial charge on any atom is -0.497 e. The van der Waals surface area contributed by atoms with E-state index in [1.54, 1.807) is 19.4 Å². The van der Waals surface area contributed by atoms with Crippen LogP contribution in [-0.2, 0) is 10.5 Å². The van der Waals surface area contributed by atoms with Crippen LogP contribution in [0.2, 0.25) is 0 Å². The second-order valence-electron chi connectivity index (χ2n) is 4.25. The van der Waals surface area contributed by atoms with Crippen LogP contribution in [0, 0.1) is 0 Å². The average molecular weight is 291 g/mol. The molecule has 1 heterocycles. The highest BCUT2D eigenvalue weighted by Crippen LogP contribution is 2.21. The number of ether oxygens (including phenoxy) is 1. The van der Waals surface area contributed by atoms with Crippen molar-refractivity contribution >= 4 is 23.4 Å². The molecule has 0 aliphatic carbocycles. The summed E-state index contributed by atoms with van der Waals surface area (Å²) in [5, 5.41) is 2.72. The van der Waals surface area contributed by atoms with Crippen LogP contribution in [0.4, 0.5) is 5.69 Å². The van der Waals surface area contributed by atoms with Gasteiger partial charge in [-0.25, -0.2) is 0 Å². The largest absolute Gasteiger partial charge is 0.497 e. The van der Waals surface area contributed by atoms with Gasteiger partial charge in [-0.3, -0.25) is 4.79 Å². The van der Waals surface area contributed by atoms with E-state index in [1.807, 2.05) is 37.3 Å². The molecule has 5 heteroatoms. The van der Waals surface area contributed by atoms with Gasteiger partial charge in [0.1, 0.15) is 11.5 Å². The molecular formula is C15H17NO3S. The summed E-state index contributed by atoms with van der Waals surface area (Å²) in [6.07, 6.45) is 1.64. The summed E-state index contributed by atoms with van der Waals surface area (Å²) in [5.41, 5.74) is 0.736. The predicted octanol–water partition coefficient (Wildman–Crippen LogP) is 3.55. The zero-order valence-electron chi connectivity index (χ0n) is 11.5.